The summed E-state index contributed by atoms with van der Waals surface area (Å²) in [5, 5.41) is 3.30. The van der Waals surface area contributed by atoms with Gasteiger partial charge in [0.25, 0.3) is 0 Å². The Labute approximate surface area is 121 Å². The van der Waals surface area contributed by atoms with Crippen molar-refractivity contribution >= 4 is 11.6 Å². The number of nitrogens with zero attached hydrogens (tertiary/aromatic N) is 4. The number of hydrogen-bond donors (Lipinski definition) is 1. The molecule has 2 saturated heterocycles. The number of fused-ring (bicyclic) bond motifs is 2. The van der Waals surface area contributed by atoms with Gasteiger partial charge in [-0.25, -0.2) is 9.97 Å². The van der Waals surface area contributed by atoms with Gasteiger partial charge in [0, 0.05) is 37.8 Å². The first-order chi connectivity index (χ1) is 9.67. The maximum absolute atomic E-state index is 4.65. The molecule has 2 bridgehead atoms. The van der Waals surface area contributed by atoms with Crippen molar-refractivity contribution in [2.45, 2.75) is 45.2 Å². The molecule has 20 heavy (non-hydrogen) atoms. The van der Waals surface area contributed by atoms with E-state index in [1.165, 1.54) is 19.3 Å². The second-order valence-electron chi connectivity index (χ2n) is 5.97. The number of rotatable bonds is 3. The van der Waals surface area contributed by atoms with Gasteiger partial charge >= 0.3 is 0 Å². The summed E-state index contributed by atoms with van der Waals surface area (Å²) < 4.78 is 0. The van der Waals surface area contributed by atoms with E-state index < -0.39 is 0 Å². The molecule has 3 rings (SSSR count). The molecule has 110 valence electrons. The molecule has 1 aromatic rings. The molecule has 2 aliphatic rings. The van der Waals surface area contributed by atoms with Crippen LogP contribution in [0.1, 0.15) is 32.0 Å². The predicted octanol–water partition coefficient (Wildman–Crippen LogP) is 1.89. The average molecular weight is 275 g/mol. The van der Waals surface area contributed by atoms with Crippen LogP contribution in [-0.2, 0) is 0 Å². The van der Waals surface area contributed by atoms with E-state index in [4.69, 9.17) is 0 Å². The molecule has 2 atom stereocenters. The lowest BCUT2D eigenvalue weighted by Crippen LogP contribution is -2.37. The zero-order chi connectivity index (χ0) is 14.1. The number of hydrogen-bond acceptors (Lipinski definition) is 5. The SMILES string of the molecule is CCNc1cc(N2CCC3CCC(C2)N3C)nc(C)n1. The topological polar surface area (TPSA) is 44.3 Å². The quantitative estimate of drug-likeness (QED) is 0.912. The average Bonchev–Trinajstić information content (AvgIpc) is 2.62. The predicted molar refractivity (Wildman–Crippen MR) is 82.3 cm³/mol. The van der Waals surface area contributed by atoms with E-state index >= 15 is 0 Å². The van der Waals surface area contributed by atoms with Gasteiger partial charge < -0.3 is 10.2 Å². The first-order valence-corrected chi connectivity index (χ1v) is 7.74. The van der Waals surface area contributed by atoms with E-state index in [0.29, 0.717) is 6.04 Å². The molecule has 5 nitrogen and oxygen atoms in total. The van der Waals surface area contributed by atoms with Crippen LogP contribution in [0.25, 0.3) is 0 Å². The molecule has 2 fully saturated rings. The second kappa shape index (κ2) is 5.56. The van der Waals surface area contributed by atoms with Crippen molar-refractivity contribution in [2.75, 3.05) is 36.9 Å². The largest absolute Gasteiger partial charge is 0.370 e. The Kier molecular flexibility index (Phi) is 3.78. The van der Waals surface area contributed by atoms with Crippen molar-refractivity contribution in [3.63, 3.8) is 0 Å². The summed E-state index contributed by atoms with van der Waals surface area (Å²) in [6.45, 7) is 7.16. The van der Waals surface area contributed by atoms with Crippen LogP contribution in [0.4, 0.5) is 11.6 Å². The first-order valence-electron chi connectivity index (χ1n) is 7.74. The smallest absolute Gasteiger partial charge is 0.134 e. The van der Waals surface area contributed by atoms with Crippen molar-refractivity contribution in [1.82, 2.24) is 14.9 Å². The molecular weight excluding hydrogens is 250 g/mol. The highest BCUT2D eigenvalue weighted by Gasteiger charge is 2.35. The minimum atomic E-state index is 0.681. The van der Waals surface area contributed by atoms with Gasteiger partial charge in [-0.1, -0.05) is 0 Å². The number of likely N-dealkylation sites (N-methyl/N-ethyl adjacent to an activating group) is 1. The normalized spacial score (nSPS) is 26.6. The Hall–Kier alpha value is -1.36. The van der Waals surface area contributed by atoms with Crippen molar-refractivity contribution in [1.29, 1.82) is 0 Å². The molecule has 5 heteroatoms. The third kappa shape index (κ3) is 2.59. The lowest BCUT2D eigenvalue weighted by Gasteiger charge is -2.27. The van der Waals surface area contributed by atoms with Gasteiger partial charge in [0.05, 0.1) is 0 Å². The van der Waals surface area contributed by atoms with Gasteiger partial charge in [0.1, 0.15) is 17.5 Å². The van der Waals surface area contributed by atoms with E-state index in [1.807, 2.05) is 6.92 Å². The zero-order valence-corrected chi connectivity index (χ0v) is 12.8. The van der Waals surface area contributed by atoms with Gasteiger partial charge in [0.15, 0.2) is 0 Å². The fourth-order valence-corrected chi connectivity index (χ4v) is 3.50. The fraction of sp³-hybridized carbons (Fsp3) is 0.733. The van der Waals surface area contributed by atoms with Gasteiger partial charge in [-0.2, -0.15) is 0 Å². The van der Waals surface area contributed by atoms with E-state index in [2.05, 4.69) is 45.1 Å². The number of nitrogens with one attached hydrogen (secondary N) is 1. The molecule has 0 aromatic carbocycles. The number of anilines is 2. The Morgan fingerprint density at radius 2 is 2.05 bits per heavy atom. The molecule has 3 heterocycles. The van der Waals surface area contributed by atoms with Crippen LogP contribution in [-0.4, -0.2) is 53.6 Å². The second-order valence-corrected chi connectivity index (χ2v) is 5.97. The van der Waals surface area contributed by atoms with Crippen LogP contribution in [0.2, 0.25) is 0 Å². The lowest BCUT2D eigenvalue weighted by atomic mass is 10.1. The Morgan fingerprint density at radius 3 is 2.85 bits per heavy atom. The summed E-state index contributed by atoms with van der Waals surface area (Å²) >= 11 is 0. The molecule has 1 N–H and O–H groups in total. The van der Waals surface area contributed by atoms with E-state index in [9.17, 15) is 0 Å². The van der Waals surface area contributed by atoms with Crippen molar-refractivity contribution in [3.8, 4) is 0 Å². The Morgan fingerprint density at radius 1 is 1.25 bits per heavy atom. The first kappa shape index (κ1) is 13.6. The monoisotopic (exact) mass is 275 g/mol. The van der Waals surface area contributed by atoms with E-state index in [-0.39, 0.29) is 0 Å². The Bertz CT molecular complexity index is 475. The maximum atomic E-state index is 4.65. The van der Waals surface area contributed by atoms with Crippen LogP contribution in [0, 0.1) is 6.92 Å². The standard InChI is InChI=1S/C15H25N5/c1-4-16-14-9-15(18-11(2)17-14)20-8-7-12-5-6-13(10-20)19(12)3/h9,12-13H,4-8,10H2,1-3H3,(H,16,17,18). The summed E-state index contributed by atoms with van der Waals surface area (Å²) in [4.78, 5) is 14.1. The lowest BCUT2D eigenvalue weighted by molar-refractivity contribution is 0.254. The molecule has 0 aliphatic carbocycles. The zero-order valence-electron chi connectivity index (χ0n) is 12.8. The minimum Gasteiger partial charge on any atom is -0.370 e. The van der Waals surface area contributed by atoms with Crippen LogP contribution in [0.3, 0.4) is 0 Å². The Balaban J connectivity index is 1.82. The molecule has 0 radical (unpaired) electrons. The summed E-state index contributed by atoms with van der Waals surface area (Å²) in [6.07, 6.45) is 3.93. The molecule has 2 aliphatic heterocycles. The maximum Gasteiger partial charge on any atom is 0.134 e. The highest BCUT2D eigenvalue weighted by molar-refractivity contribution is 5.49. The van der Waals surface area contributed by atoms with Crippen molar-refractivity contribution in [2.24, 2.45) is 0 Å². The summed E-state index contributed by atoms with van der Waals surface area (Å²) in [7, 11) is 2.28. The van der Waals surface area contributed by atoms with Crippen LogP contribution in [0.15, 0.2) is 6.07 Å². The van der Waals surface area contributed by atoms with Gasteiger partial charge in [0.2, 0.25) is 0 Å². The highest BCUT2D eigenvalue weighted by atomic mass is 15.3. The number of aromatic nitrogens is 2. The van der Waals surface area contributed by atoms with Gasteiger partial charge in [-0.15, -0.1) is 0 Å². The number of aryl methyl sites for hydroxylation is 1. The van der Waals surface area contributed by atoms with Crippen LogP contribution in [0.5, 0.6) is 0 Å². The molecule has 1 aromatic heterocycles. The summed E-state index contributed by atoms with van der Waals surface area (Å²) in [5.74, 6) is 2.87. The molecule has 2 unspecified atom stereocenters. The highest BCUT2D eigenvalue weighted by Crippen LogP contribution is 2.30. The van der Waals surface area contributed by atoms with Gasteiger partial charge in [-0.3, -0.25) is 4.90 Å². The molecule has 0 spiro atoms. The summed E-state index contributed by atoms with van der Waals surface area (Å²) in [6, 6.07) is 3.54. The molecule has 0 amide bonds. The van der Waals surface area contributed by atoms with E-state index in [0.717, 1.165) is 43.1 Å². The third-order valence-corrected chi connectivity index (χ3v) is 4.65. The van der Waals surface area contributed by atoms with Crippen molar-refractivity contribution < 1.29 is 0 Å². The summed E-state index contributed by atoms with van der Waals surface area (Å²) in [5.41, 5.74) is 0. The third-order valence-electron chi connectivity index (χ3n) is 4.65. The fourth-order valence-electron chi connectivity index (χ4n) is 3.50. The van der Waals surface area contributed by atoms with Gasteiger partial charge in [-0.05, 0) is 40.2 Å². The van der Waals surface area contributed by atoms with E-state index in [1.54, 1.807) is 0 Å². The molecular formula is C15H25N5. The van der Waals surface area contributed by atoms with Crippen LogP contribution < -0.4 is 10.2 Å². The van der Waals surface area contributed by atoms with Crippen LogP contribution >= 0.6 is 0 Å². The molecule has 0 saturated carbocycles. The minimum absolute atomic E-state index is 0.681. The van der Waals surface area contributed by atoms with Crippen molar-refractivity contribution in [3.05, 3.63) is 11.9 Å².